The van der Waals surface area contributed by atoms with Crippen molar-refractivity contribution in [2.24, 2.45) is 0 Å². The number of aromatic amines is 1. The van der Waals surface area contributed by atoms with E-state index in [0.29, 0.717) is 22.8 Å². The van der Waals surface area contributed by atoms with E-state index in [-0.39, 0.29) is 11.4 Å². The van der Waals surface area contributed by atoms with Crippen LogP contribution in [0.2, 0.25) is 0 Å². The summed E-state index contributed by atoms with van der Waals surface area (Å²) in [6, 6.07) is 10.2. The molecule has 0 radical (unpaired) electrons. The van der Waals surface area contributed by atoms with Crippen LogP contribution in [-0.4, -0.2) is 22.5 Å². The lowest BCUT2D eigenvalue weighted by atomic mass is 10.0. The Morgan fingerprint density at radius 2 is 2.14 bits per heavy atom. The van der Waals surface area contributed by atoms with Crippen LogP contribution in [0.25, 0.3) is 22.6 Å². The summed E-state index contributed by atoms with van der Waals surface area (Å²) in [6.45, 7) is 0. The molecule has 0 aliphatic heterocycles. The normalized spacial score (nSPS) is 10.5. The molecule has 0 spiro atoms. The van der Waals surface area contributed by atoms with E-state index in [2.05, 4.69) is 15.4 Å². The van der Waals surface area contributed by atoms with Crippen molar-refractivity contribution in [1.82, 2.24) is 15.4 Å². The minimum atomic E-state index is -0.297. The Morgan fingerprint density at radius 3 is 2.86 bits per heavy atom. The van der Waals surface area contributed by atoms with Crippen LogP contribution in [0.4, 0.5) is 5.82 Å². The second kappa shape index (κ2) is 5.12. The smallest absolute Gasteiger partial charge is 0.264 e. The summed E-state index contributed by atoms with van der Waals surface area (Å²) in [5.74, 6) is 1.32. The highest BCUT2D eigenvalue weighted by Crippen LogP contribution is 2.36. The van der Waals surface area contributed by atoms with E-state index < -0.39 is 0 Å². The molecule has 0 saturated carbocycles. The second-order valence-electron chi connectivity index (χ2n) is 4.31. The first-order valence-electron chi connectivity index (χ1n) is 6.14. The lowest BCUT2D eigenvalue weighted by Gasteiger charge is -2.04. The highest BCUT2D eigenvalue weighted by molar-refractivity contribution is 5.85. The molecule has 0 unspecified atom stereocenters. The van der Waals surface area contributed by atoms with Crippen molar-refractivity contribution in [1.29, 1.82) is 0 Å². The molecule has 0 amide bonds. The minimum absolute atomic E-state index is 0.242. The molecule has 2 heterocycles. The number of nitrogen functional groups attached to an aromatic ring is 1. The summed E-state index contributed by atoms with van der Waals surface area (Å²) >= 11 is 0. The highest BCUT2D eigenvalue weighted by Gasteiger charge is 2.19. The van der Waals surface area contributed by atoms with Gasteiger partial charge in [0, 0.05) is 6.07 Å². The van der Waals surface area contributed by atoms with Gasteiger partial charge in [0.2, 0.25) is 0 Å². The first-order chi connectivity index (χ1) is 10.2. The fraction of sp³-hybridized carbons (Fsp3) is 0.0714. The Bertz CT molecular complexity index is 818. The predicted octanol–water partition coefficient (Wildman–Crippen LogP) is 1.68. The van der Waals surface area contributed by atoms with E-state index in [4.69, 9.17) is 15.0 Å². The monoisotopic (exact) mass is 284 g/mol. The molecule has 3 rings (SSSR count). The van der Waals surface area contributed by atoms with Gasteiger partial charge in [-0.15, -0.1) is 0 Å². The van der Waals surface area contributed by atoms with Crippen LogP contribution in [0.1, 0.15) is 0 Å². The molecular formula is C14H12N4O3. The number of aromatic nitrogens is 3. The van der Waals surface area contributed by atoms with Gasteiger partial charge in [0.1, 0.15) is 11.4 Å². The van der Waals surface area contributed by atoms with Gasteiger partial charge in [0.15, 0.2) is 11.6 Å². The van der Waals surface area contributed by atoms with Gasteiger partial charge in [-0.25, -0.2) is 5.10 Å². The Balaban J connectivity index is 2.16. The number of H-pyrrole nitrogens is 1. The van der Waals surface area contributed by atoms with E-state index in [1.54, 1.807) is 13.2 Å². The third kappa shape index (κ3) is 2.36. The SMILES string of the molecule is COc1cccc(-c2c(N)noc2-c2ccc(=O)[nH]n2)c1. The quantitative estimate of drug-likeness (QED) is 0.757. The molecule has 0 atom stereocenters. The summed E-state index contributed by atoms with van der Waals surface area (Å²) in [7, 11) is 1.58. The van der Waals surface area contributed by atoms with Gasteiger partial charge < -0.3 is 15.0 Å². The summed E-state index contributed by atoms with van der Waals surface area (Å²) in [5.41, 5.74) is 7.42. The van der Waals surface area contributed by atoms with E-state index in [1.807, 2.05) is 24.3 Å². The van der Waals surface area contributed by atoms with Gasteiger partial charge in [-0.3, -0.25) is 4.79 Å². The molecule has 0 fully saturated rings. The third-order valence-corrected chi connectivity index (χ3v) is 2.99. The van der Waals surface area contributed by atoms with Crippen LogP contribution >= 0.6 is 0 Å². The maximum absolute atomic E-state index is 11.1. The molecule has 0 bridgehead atoms. The standard InChI is InChI=1S/C14H12N4O3/c1-20-9-4-2-3-8(7-9)12-13(21-18-14(12)15)10-5-6-11(19)17-16-10/h2-7H,1H3,(H2,15,18)(H,17,19). The second-order valence-corrected chi connectivity index (χ2v) is 4.31. The van der Waals surface area contributed by atoms with E-state index in [1.165, 1.54) is 6.07 Å². The Labute approximate surface area is 119 Å². The fourth-order valence-electron chi connectivity index (χ4n) is 2.01. The third-order valence-electron chi connectivity index (χ3n) is 2.99. The number of nitrogens with one attached hydrogen (secondary N) is 1. The number of nitrogens with two attached hydrogens (primary N) is 1. The van der Waals surface area contributed by atoms with Crippen LogP contribution in [0.15, 0.2) is 45.7 Å². The van der Waals surface area contributed by atoms with Crippen molar-refractivity contribution in [3.05, 3.63) is 46.8 Å². The zero-order valence-electron chi connectivity index (χ0n) is 11.2. The van der Waals surface area contributed by atoms with Gasteiger partial charge in [0.05, 0.1) is 12.7 Å². The van der Waals surface area contributed by atoms with E-state index in [9.17, 15) is 4.79 Å². The van der Waals surface area contributed by atoms with Crippen LogP contribution in [-0.2, 0) is 0 Å². The van der Waals surface area contributed by atoms with E-state index >= 15 is 0 Å². The van der Waals surface area contributed by atoms with Gasteiger partial charge >= 0.3 is 0 Å². The molecule has 106 valence electrons. The van der Waals surface area contributed by atoms with Crippen molar-refractivity contribution in [3.63, 3.8) is 0 Å². The molecule has 0 aliphatic rings. The van der Waals surface area contributed by atoms with E-state index in [0.717, 1.165) is 5.56 Å². The number of benzene rings is 1. The minimum Gasteiger partial charge on any atom is -0.497 e. The van der Waals surface area contributed by atoms with Crippen molar-refractivity contribution < 1.29 is 9.26 Å². The number of nitrogens with zero attached hydrogens (tertiary/aromatic N) is 2. The zero-order valence-corrected chi connectivity index (χ0v) is 11.2. The van der Waals surface area contributed by atoms with Gasteiger partial charge in [-0.1, -0.05) is 17.3 Å². The summed E-state index contributed by atoms with van der Waals surface area (Å²) < 4.78 is 10.4. The zero-order chi connectivity index (χ0) is 14.8. The lowest BCUT2D eigenvalue weighted by Crippen LogP contribution is -2.05. The van der Waals surface area contributed by atoms with Gasteiger partial charge in [-0.2, -0.15) is 5.10 Å². The topological polar surface area (TPSA) is 107 Å². The molecule has 0 aliphatic carbocycles. The van der Waals surface area contributed by atoms with Gasteiger partial charge in [0.25, 0.3) is 5.56 Å². The van der Waals surface area contributed by atoms with Crippen molar-refractivity contribution in [3.8, 4) is 28.3 Å². The van der Waals surface area contributed by atoms with Crippen molar-refractivity contribution in [2.75, 3.05) is 12.8 Å². The molecule has 21 heavy (non-hydrogen) atoms. The summed E-state index contributed by atoms with van der Waals surface area (Å²) in [4.78, 5) is 11.1. The maximum Gasteiger partial charge on any atom is 0.264 e. The molecular weight excluding hydrogens is 272 g/mol. The predicted molar refractivity (Wildman–Crippen MR) is 76.8 cm³/mol. The molecule has 3 aromatic rings. The number of anilines is 1. The first kappa shape index (κ1) is 12.9. The number of rotatable bonds is 3. The van der Waals surface area contributed by atoms with Crippen molar-refractivity contribution >= 4 is 5.82 Å². The largest absolute Gasteiger partial charge is 0.497 e. The summed E-state index contributed by atoms with van der Waals surface area (Å²) in [6.07, 6.45) is 0. The molecule has 2 aromatic heterocycles. The maximum atomic E-state index is 11.1. The van der Waals surface area contributed by atoms with Gasteiger partial charge in [-0.05, 0) is 23.8 Å². The molecule has 7 nitrogen and oxygen atoms in total. The Kier molecular flexibility index (Phi) is 3.15. The first-order valence-corrected chi connectivity index (χ1v) is 6.14. The van der Waals surface area contributed by atoms with Crippen LogP contribution < -0.4 is 16.0 Å². The van der Waals surface area contributed by atoms with Crippen molar-refractivity contribution in [2.45, 2.75) is 0 Å². The highest BCUT2D eigenvalue weighted by atomic mass is 16.5. The van der Waals surface area contributed by atoms with Crippen LogP contribution in [0.3, 0.4) is 0 Å². The number of hydrogen-bond donors (Lipinski definition) is 2. The van der Waals surface area contributed by atoms with Crippen LogP contribution in [0, 0.1) is 0 Å². The summed E-state index contributed by atoms with van der Waals surface area (Å²) in [5, 5.41) is 10.1. The molecule has 3 N–H and O–H groups in total. The number of ether oxygens (including phenoxy) is 1. The number of hydrogen-bond acceptors (Lipinski definition) is 6. The fourth-order valence-corrected chi connectivity index (χ4v) is 2.01. The van der Waals surface area contributed by atoms with Crippen LogP contribution in [0.5, 0.6) is 5.75 Å². The Morgan fingerprint density at radius 1 is 1.29 bits per heavy atom. The average molecular weight is 284 g/mol. The lowest BCUT2D eigenvalue weighted by molar-refractivity contribution is 0.415. The average Bonchev–Trinajstić information content (AvgIpc) is 2.90. The molecule has 1 aromatic carbocycles. The molecule has 7 heteroatoms. The molecule has 0 saturated heterocycles. The number of methoxy groups -OCH3 is 1. The Hall–Kier alpha value is -3.09.